The van der Waals surface area contributed by atoms with Gasteiger partial charge in [-0.05, 0) is 13.8 Å². The molecule has 0 saturated heterocycles. The summed E-state index contributed by atoms with van der Waals surface area (Å²) < 4.78 is 7.13. The molecule has 1 fully saturated rings. The number of aliphatic carboxylic acids is 2. The number of amides is 2. The van der Waals surface area contributed by atoms with Gasteiger partial charge in [-0.1, -0.05) is 5.16 Å². The Morgan fingerprint density at radius 3 is 2.58 bits per heavy atom. The Labute approximate surface area is 264 Å². The number of hydrogen-bond acceptors (Lipinski definition) is 14. The molecule has 2 unspecified atom stereocenters. The smallest absolute Gasteiger partial charge is 0.350 e. The first-order chi connectivity index (χ1) is 21.2. The molecule has 3 heterocycles. The molecule has 0 bridgehead atoms. The van der Waals surface area contributed by atoms with Crippen LogP contribution in [-0.4, -0.2) is 89.2 Å². The summed E-state index contributed by atoms with van der Waals surface area (Å²) in [6.07, 6.45) is 1.20. The molecule has 2 amide bonds. The van der Waals surface area contributed by atoms with E-state index in [1.54, 1.807) is 22.6 Å². The summed E-state index contributed by atoms with van der Waals surface area (Å²) in [6, 6.07) is -0.508. The largest absolute Gasteiger partial charge is 0.478 e. The second-order valence-electron chi connectivity index (χ2n) is 10.7. The summed E-state index contributed by atoms with van der Waals surface area (Å²) >= 11 is 2.14. The highest BCUT2D eigenvalue weighted by Gasteiger charge is 2.56. The quantitative estimate of drug-likeness (QED) is 0.0765. The van der Waals surface area contributed by atoms with Crippen LogP contribution < -0.4 is 32.5 Å². The van der Waals surface area contributed by atoms with Crippen LogP contribution in [0.3, 0.4) is 0 Å². The summed E-state index contributed by atoms with van der Waals surface area (Å²) in [7, 11) is 1.64. The molecule has 0 spiro atoms. The molecule has 2 aromatic heterocycles. The number of fused-ring (bicyclic) bond motifs is 1. The Balaban J connectivity index is 1.54. The fraction of sp³-hybridized carbons (Fsp3) is 0.480. The number of anilines is 3. The number of aromatic nitrogens is 4. The van der Waals surface area contributed by atoms with Crippen LogP contribution in [0, 0.1) is 11.8 Å². The van der Waals surface area contributed by atoms with Gasteiger partial charge in [0.25, 0.3) is 0 Å². The van der Waals surface area contributed by atoms with Gasteiger partial charge in [-0.2, -0.15) is 21.1 Å². The Kier molecular flexibility index (Phi) is 9.78. The van der Waals surface area contributed by atoms with E-state index in [1.165, 1.54) is 25.6 Å². The Morgan fingerprint density at radius 2 is 1.98 bits per heavy atom. The summed E-state index contributed by atoms with van der Waals surface area (Å²) in [5.74, 6) is -5.21. The standard InChI is InChI=1S/C25H32N10O8S2/c1-25(2,22(40)41)43-32-16(20-31-23(28)45-33-20)13(36)6-11-17(37)15-14(21(38)39)10(9-44-18(11)15)7-35-8-12(19(27)34(35)3)30-24(42)29-5-4-26/h8,11,15,18,27H,4-7,9,26H2,1-3H3,(H6,28,29,30,31,33,38,39,40,41,42)/p+1/b32-16+/t11?,15?,18-/m1/s1. The number of hydrogen-bond donors (Lipinski definition) is 7. The van der Waals surface area contributed by atoms with Gasteiger partial charge < -0.3 is 37.6 Å². The van der Waals surface area contributed by atoms with Crippen LogP contribution in [0.2, 0.25) is 0 Å². The fourth-order valence-corrected chi connectivity index (χ4v) is 6.77. The van der Waals surface area contributed by atoms with Gasteiger partial charge >= 0.3 is 18.0 Å². The molecule has 2 aromatic rings. The van der Waals surface area contributed by atoms with Crippen molar-refractivity contribution in [3.63, 3.8) is 0 Å². The van der Waals surface area contributed by atoms with Crippen LogP contribution in [0.5, 0.6) is 0 Å². The predicted molar refractivity (Wildman–Crippen MR) is 162 cm³/mol. The maximum absolute atomic E-state index is 13.4. The number of carbonyl (C=O) groups excluding carboxylic acids is 3. The van der Waals surface area contributed by atoms with Crippen molar-refractivity contribution in [2.75, 3.05) is 35.6 Å². The molecule has 1 aliphatic heterocycles. The molecule has 18 nitrogen and oxygen atoms in total. The van der Waals surface area contributed by atoms with E-state index in [-0.39, 0.29) is 54.2 Å². The molecule has 4 rings (SSSR count). The molecule has 2 aliphatic rings. The molecular formula is C25H33N10O8S2+. The maximum atomic E-state index is 13.4. The molecule has 10 N–H and O–H groups in total. The van der Waals surface area contributed by atoms with Crippen molar-refractivity contribution in [2.24, 2.45) is 29.8 Å². The van der Waals surface area contributed by atoms with Gasteiger partial charge in [0.1, 0.15) is 5.78 Å². The van der Waals surface area contributed by atoms with E-state index in [4.69, 9.17) is 22.0 Å². The SMILES string of the molecule is Cn1c(N)c(NC(=O)NCCN)c[n+]1CC1=C(C(=O)O)C2C(=O)C(CC(=O)/C(=N\OC(C)(C)C(=O)O)c3nsc(N)n3)[C@H]2SC1. The van der Waals surface area contributed by atoms with Crippen molar-refractivity contribution < 1.29 is 43.7 Å². The number of ketones is 2. The first-order valence-corrected chi connectivity index (χ1v) is 15.3. The maximum Gasteiger partial charge on any atom is 0.350 e. The summed E-state index contributed by atoms with van der Waals surface area (Å²) in [6.45, 7) is 3.06. The van der Waals surface area contributed by atoms with Crippen LogP contribution in [0.4, 0.5) is 21.4 Å². The molecule has 0 aromatic carbocycles. The zero-order valence-electron chi connectivity index (χ0n) is 24.5. The number of nitrogens with zero attached hydrogens (tertiary/aromatic N) is 5. The lowest BCUT2D eigenvalue weighted by atomic mass is 9.66. The lowest BCUT2D eigenvalue weighted by molar-refractivity contribution is -0.765. The average Bonchev–Trinajstić information content (AvgIpc) is 3.52. The second kappa shape index (κ2) is 13.2. The molecule has 242 valence electrons. The monoisotopic (exact) mass is 665 g/mol. The van der Waals surface area contributed by atoms with Crippen LogP contribution in [0.15, 0.2) is 22.5 Å². The lowest BCUT2D eigenvalue weighted by Gasteiger charge is -2.45. The zero-order valence-corrected chi connectivity index (χ0v) is 26.1. The van der Waals surface area contributed by atoms with E-state index in [2.05, 4.69) is 25.1 Å². The number of Topliss-reactive ketones (excluding diaryl/α,β-unsaturated/α-hetero) is 2. The number of rotatable bonds is 13. The number of nitrogens with two attached hydrogens (primary N) is 3. The number of nitrogens with one attached hydrogen (secondary N) is 2. The second-order valence-corrected chi connectivity index (χ2v) is 12.7. The molecule has 1 saturated carbocycles. The molecule has 3 atom stereocenters. The van der Waals surface area contributed by atoms with E-state index in [0.717, 1.165) is 11.5 Å². The minimum Gasteiger partial charge on any atom is -0.478 e. The topological polar surface area (TPSA) is 284 Å². The Bertz CT molecular complexity index is 1610. The van der Waals surface area contributed by atoms with Crippen molar-refractivity contribution in [1.82, 2.24) is 19.4 Å². The number of oxime groups is 1. The van der Waals surface area contributed by atoms with Crippen LogP contribution >= 0.6 is 23.3 Å². The third kappa shape index (κ3) is 6.91. The number of nitrogen functional groups attached to an aromatic ring is 2. The highest BCUT2D eigenvalue weighted by molar-refractivity contribution is 8.00. The summed E-state index contributed by atoms with van der Waals surface area (Å²) in [5.41, 5.74) is 15.7. The number of thioether (sulfide) groups is 1. The number of carbonyl (C=O) groups is 5. The van der Waals surface area contributed by atoms with E-state index in [0.29, 0.717) is 11.3 Å². The highest BCUT2D eigenvalue weighted by atomic mass is 32.2. The third-order valence-electron chi connectivity index (χ3n) is 7.29. The van der Waals surface area contributed by atoms with Crippen molar-refractivity contribution in [3.05, 3.63) is 23.2 Å². The van der Waals surface area contributed by atoms with Gasteiger partial charge in [-0.15, -0.1) is 9.36 Å². The van der Waals surface area contributed by atoms with Gasteiger partial charge in [0, 0.05) is 53.5 Å². The van der Waals surface area contributed by atoms with Gasteiger partial charge in [-0.25, -0.2) is 14.4 Å². The summed E-state index contributed by atoms with van der Waals surface area (Å²) in [4.78, 5) is 71.8. The van der Waals surface area contributed by atoms with Crippen molar-refractivity contribution in [1.29, 1.82) is 0 Å². The Hall–Kier alpha value is -4.56. The Morgan fingerprint density at radius 1 is 1.27 bits per heavy atom. The van der Waals surface area contributed by atoms with Crippen molar-refractivity contribution >= 4 is 75.2 Å². The minimum atomic E-state index is -1.78. The molecule has 20 heteroatoms. The van der Waals surface area contributed by atoms with E-state index >= 15 is 0 Å². The molecule has 45 heavy (non-hydrogen) atoms. The fourth-order valence-electron chi connectivity index (χ4n) is 4.77. The third-order valence-corrected chi connectivity index (χ3v) is 9.33. The van der Waals surface area contributed by atoms with Crippen molar-refractivity contribution in [3.8, 4) is 0 Å². The first-order valence-electron chi connectivity index (χ1n) is 13.5. The van der Waals surface area contributed by atoms with Crippen LogP contribution in [-0.2, 0) is 37.6 Å². The normalized spacial score (nSPS) is 19.9. The molecule has 1 aliphatic carbocycles. The minimum absolute atomic E-state index is 0.0324. The van der Waals surface area contributed by atoms with Crippen molar-refractivity contribution in [2.45, 2.75) is 37.7 Å². The first kappa shape index (κ1) is 33.3. The van der Waals surface area contributed by atoms with Crippen LogP contribution in [0.1, 0.15) is 26.1 Å². The number of carboxylic acid groups (broad SMARTS) is 2. The van der Waals surface area contributed by atoms with Gasteiger partial charge in [0.15, 0.2) is 34.7 Å². The highest BCUT2D eigenvalue weighted by Crippen LogP contribution is 2.50. The van der Waals surface area contributed by atoms with Gasteiger partial charge in [-0.3, -0.25) is 14.9 Å². The molecular weight excluding hydrogens is 632 g/mol. The van der Waals surface area contributed by atoms with E-state index in [1.807, 2.05) is 0 Å². The average molecular weight is 666 g/mol. The number of carboxylic acids is 2. The summed E-state index contributed by atoms with van der Waals surface area (Å²) in [5, 5.41) is 27.9. The zero-order chi connectivity index (χ0) is 33.2. The van der Waals surface area contributed by atoms with Crippen LogP contribution in [0.25, 0.3) is 0 Å². The molecule has 0 radical (unpaired) electrons. The van der Waals surface area contributed by atoms with E-state index < -0.39 is 57.9 Å². The van der Waals surface area contributed by atoms with Gasteiger partial charge in [0.2, 0.25) is 17.6 Å². The number of urea groups is 1. The predicted octanol–water partition coefficient (Wildman–Crippen LogP) is -1.04. The lowest BCUT2D eigenvalue weighted by Crippen LogP contribution is -2.56. The van der Waals surface area contributed by atoms with E-state index in [9.17, 15) is 34.2 Å². The van der Waals surface area contributed by atoms with Gasteiger partial charge in [0.05, 0.1) is 18.5 Å².